The van der Waals surface area contributed by atoms with E-state index in [0.717, 1.165) is 12.1 Å². The number of anilines is 1. The molecular formula is C12H19N3O. The fourth-order valence-electron chi connectivity index (χ4n) is 1.53. The smallest absolute Gasteiger partial charge is 0.141 e. The Kier molecular flexibility index (Phi) is 4.64. The number of oxime groups is 1. The molecule has 4 nitrogen and oxygen atoms in total. The summed E-state index contributed by atoms with van der Waals surface area (Å²) in [6, 6.07) is 8.42. The van der Waals surface area contributed by atoms with Crippen molar-refractivity contribution in [3.63, 3.8) is 0 Å². The van der Waals surface area contributed by atoms with E-state index in [0.29, 0.717) is 6.42 Å². The number of benzene rings is 1. The highest BCUT2D eigenvalue weighted by atomic mass is 16.4. The van der Waals surface area contributed by atoms with Gasteiger partial charge in [-0.25, -0.2) is 0 Å². The van der Waals surface area contributed by atoms with Crippen LogP contribution < -0.4 is 11.1 Å². The maximum Gasteiger partial charge on any atom is 0.141 e. The predicted molar refractivity (Wildman–Crippen MR) is 66.9 cm³/mol. The van der Waals surface area contributed by atoms with Gasteiger partial charge < -0.3 is 16.3 Å². The van der Waals surface area contributed by atoms with Crippen LogP contribution in [0.5, 0.6) is 0 Å². The van der Waals surface area contributed by atoms with Gasteiger partial charge >= 0.3 is 0 Å². The first-order valence-corrected chi connectivity index (χ1v) is 5.47. The van der Waals surface area contributed by atoms with Gasteiger partial charge in [-0.15, -0.1) is 0 Å². The summed E-state index contributed by atoms with van der Waals surface area (Å²) in [7, 11) is 0. The quantitative estimate of drug-likeness (QED) is 0.309. The second kappa shape index (κ2) is 6.00. The number of nitrogens with zero attached hydrogens (tertiary/aromatic N) is 1. The van der Waals surface area contributed by atoms with E-state index < -0.39 is 0 Å². The summed E-state index contributed by atoms with van der Waals surface area (Å²) in [5.74, 6) is 0.241. The van der Waals surface area contributed by atoms with Crippen molar-refractivity contribution in [1.29, 1.82) is 0 Å². The van der Waals surface area contributed by atoms with Gasteiger partial charge in [-0.1, -0.05) is 24.2 Å². The van der Waals surface area contributed by atoms with Crippen molar-refractivity contribution < 1.29 is 5.21 Å². The van der Waals surface area contributed by atoms with Gasteiger partial charge in [0.2, 0.25) is 0 Å². The van der Waals surface area contributed by atoms with Gasteiger partial charge in [0.05, 0.1) is 0 Å². The highest BCUT2D eigenvalue weighted by molar-refractivity contribution is 5.80. The zero-order valence-corrected chi connectivity index (χ0v) is 9.77. The molecule has 0 bridgehead atoms. The zero-order chi connectivity index (χ0) is 12.0. The van der Waals surface area contributed by atoms with E-state index in [9.17, 15) is 0 Å². The van der Waals surface area contributed by atoms with Gasteiger partial charge in [0.25, 0.3) is 0 Å². The molecule has 16 heavy (non-hydrogen) atoms. The molecular weight excluding hydrogens is 202 g/mol. The van der Waals surface area contributed by atoms with Crippen LogP contribution in [0.15, 0.2) is 29.4 Å². The highest BCUT2D eigenvalue weighted by Gasteiger charge is 2.04. The number of aryl methyl sites for hydroxylation is 1. The Hall–Kier alpha value is -1.71. The average molecular weight is 221 g/mol. The molecule has 0 amide bonds. The van der Waals surface area contributed by atoms with Crippen molar-refractivity contribution in [2.75, 3.05) is 5.32 Å². The molecule has 1 unspecified atom stereocenters. The SMILES string of the molecule is CCc1ccc(NC(C)CC(N)=NO)cc1. The monoisotopic (exact) mass is 221 g/mol. The molecule has 1 aromatic rings. The van der Waals surface area contributed by atoms with Crippen LogP contribution in [0.2, 0.25) is 0 Å². The van der Waals surface area contributed by atoms with Crippen molar-refractivity contribution in [1.82, 2.24) is 0 Å². The summed E-state index contributed by atoms with van der Waals surface area (Å²) in [6.45, 7) is 4.12. The molecule has 4 N–H and O–H groups in total. The number of hydrogen-bond donors (Lipinski definition) is 3. The van der Waals surface area contributed by atoms with Crippen molar-refractivity contribution in [3.8, 4) is 0 Å². The second-order valence-electron chi connectivity index (χ2n) is 3.89. The molecule has 0 spiro atoms. The first kappa shape index (κ1) is 12.4. The van der Waals surface area contributed by atoms with E-state index in [2.05, 4.69) is 29.5 Å². The van der Waals surface area contributed by atoms with E-state index in [1.807, 2.05) is 19.1 Å². The van der Waals surface area contributed by atoms with Gasteiger partial charge in [0.15, 0.2) is 0 Å². The Bertz CT molecular complexity index is 346. The van der Waals surface area contributed by atoms with E-state index in [4.69, 9.17) is 10.9 Å². The normalized spacial score (nSPS) is 13.5. The van der Waals surface area contributed by atoms with Gasteiger partial charge in [-0.2, -0.15) is 0 Å². The third-order valence-electron chi connectivity index (χ3n) is 2.42. The van der Waals surface area contributed by atoms with Crippen LogP contribution in [0, 0.1) is 0 Å². The predicted octanol–water partition coefficient (Wildman–Crippen LogP) is 2.19. The molecule has 1 atom stereocenters. The Morgan fingerprint density at radius 3 is 2.56 bits per heavy atom. The van der Waals surface area contributed by atoms with Crippen LogP contribution in [0.4, 0.5) is 5.69 Å². The Morgan fingerprint density at radius 2 is 2.06 bits per heavy atom. The van der Waals surface area contributed by atoms with Crippen LogP contribution >= 0.6 is 0 Å². The summed E-state index contributed by atoms with van der Waals surface area (Å²) < 4.78 is 0. The Labute approximate surface area is 96.2 Å². The largest absolute Gasteiger partial charge is 0.409 e. The molecule has 1 rings (SSSR count). The van der Waals surface area contributed by atoms with Gasteiger partial charge in [0.1, 0.15) is 5.84 Å². The second-order valence-corrected chi connectivity index (χ2v) is 3.89. The lowest BCUT2D eigenvalue weighted by Crippen LogP contribution is -2.24. The lowest BCUT2D eigenvalue weighted by molar-refractivity contribution is 0.316. The first-order chi connectivity index (χ1) is 7.65. The molecule has 1 aromatic carbocycles. The average Bonchev–Trinajstić information content (AvgIpc) is 2.29. The summed E-state index contributed by atoms with van der Waals surface area (Å²) in [6.07, 6.45) is 1.56. The van der Waals surface area contributed by atoms with Crippen molar-refractivity contribution in [2.45, 2.75) is 32.7 Å². The van der Waals surface area contributed by atoms with Gasteiger partial charge in [-0.3, -0.25) is 0 Å². The van der Waals surface area contributed by atoms with Gasteiger partial charge in [0, 0.05) is 18.2 Å². The topological polar surface area (TPSA) is 70.6 Å². The lowest BCUT2D eigenvalue weighted by Gasteiger charge is -2.14. The number of hydrogen-bond acceptors (Lipinski definition) is 3. The van der Waals surface area contributed by atoms with Crippen molar-refractivity contribution in [2.24, 2.45) is 10.9 Å². The Balaban J connectivity index is 2.52. The molecule has 4 heteroatoms. The number of rotatable bonds is 5. The third-order valence-corrected chi connectivity index (χ3v) is 2.42. The van der Waals surface area contributed by atoms with Crippen LogP contribution in [0.25, 0.3) is 0 Å². The van der Waals surface area contributed by atoms with E-state index in [1.54, 1.807) is 0 Å². The number of nitrogens with two attached hydrogens (primary N) is 1. The summed E-state index contributed by atoms with van der Waals surface area (Å²) in [5, 5.41) is 14.7. The van der Waals surface area contributed by atoms with E-state index in [1.165, 1.54) is 5.56 Å². The van der Waals surface area contributed by atoms with Crippen molar-refractivity contribution in [3.05, 3.63) is 29.8 Å². The molecule has 0 aliphatic rings. The fourth-order valence-corrected chi connectivity index (χ4v) is 1.53. The van der Waals surface area contributed by atoms with E-state index >= 15 is 0 Å². The van der Waals surface area contributed by atoms with Crippen LogP contribution in [-0.4, -0.2) is 17.1 Å². The highest BCUT2D eigenvalue weighted by Crippen LogP contribution is 2.12. The number of amidine groups is 1. The minimum Gasteiger partial charge on any atom is -0.409 e. The summed E-state index contributed by atoms with van der Waals surface area (Å²) in [4.78, 5) is 0. The molecule has 0 fully saturated rings. The van der Waals surface area contributed by atoms with Crippen molar-refractivity contribution >= 4 is 11.5 Å². The maximum atomic E-state index is 8.45. The molecule has 0 radical (unpaired) electrons. The molecule has 0 aliphatic carbocycles. The summed E-state index contributed by atoms with van der Waals surface area (Å²) >= 11 is 0. The minimum absolute atomic E-state index is 0.142. The molecule has 0 heterocycles. The third kappa shape index (κ3) is 3.81. The molecule has 0 saturated heterocycles. The minimum atomic E-state index is 0.142. The molecule has 88 valence electrons. The molecule has 0 aliphatic heterocycles. The standard InChI is InChI=1S/C12H19N3O/c1-3-10-4-6-11(7-5-10)14-9(2)8-12(13)15-16/h4-7,9,14,16H,3,8H2,1-2H3,(H2,13,15). The number of nitrogens with one attached hydrogen (secondary N) is 1. The van der Waals surface area contributed by atoms with Crippen LogP contribution in [0.1, 0.15) is 25.8 Å². The zero-order valence-electron chi connectivity index (χ0n) is 9.77. The fraction of sp³-hybridized carbons (Fsp3) is 0.417. The first-order valence-electron chi connectivity index (χ1n) is 5.47. The lowest BCUT2D eigenvalue weighted by atomic mass is 10.1. The molecule has 0 saturated carbocycles. The van der Waals surface area contributed by atoms with E-state index in [-0.39, 0.29) is 11.9 Å². The summed E-state index contributed by atoms with van der Waals surface area (Å²) in [5.41, 5.74) is 7.80. The van der Waals surface area contributed by atoms with Crippen LogP contribution in [0.3, 0.4) is 0 Å². The van der Waals surface area contributed by atoms with Gasteiger partial charge in [-0.05, 0) is 31.0 Å². The van der Waals surface area contributed by atoms with Crippen LogP contribution in [-0.2, 0) is 6.42 Å². The Morgan fingerprint density at radius 1 is 1.44 bits per heavy atom. The molecule has 0 aromatic heterocycles. The maximum absolute atomic E-state index is 8.45.